The van der Waals surface area contributed by atoms with E-state index in [1.165, 1.54) is 7.11 Å². The second-order valence-electron chi connectivity index (χ2n) is 8.35. The zero-order chi connectivity index (χ0) is 24.6. The first-order valence-electron chi connectivity index (χ1n) is 10.6. The molecule has 0 radical (unpaired) electrons. The average Bonchev–Trinajstić information content (AvgIpc) is 3.35. The van der Waals surface area contributed by atoms with Crippen LogP contribution >= 0.6 is 22.7 Å². The molecule has 182 valence electrons. The van der Waals surface area contributed by atoms with Gasteiger partial charge in [0.25, 0.3) is 0 Å². The van der Waals surface area contributed by atoms with E-state index in [1.807, 2.05) is 17.5 Å². The standard InChI is InChI=1S/C23H32N2O6S2/c1-7-30-21(27)17-14(2)18(22(28)31-11-10-29-6)33-20(17)25-16(26)13-24-19(23(3,4)5)15-9-8-12-32-15/h8-9,12,19,24H,7,10-11,13H2,1-6H3,(H,25,26). The van der Waals surface area contributed by atoms with Crippen LogP contribution in [0.3, 0.4) is 0 Å². The normalized spacial score (nSPS) is 12.3. The van der Waals surface area contributed by atoms with E-state index < -0.39 is 11.9 Å². The summed E-state index contributed by atoms with van der Waals surface area (Å²) in [6.07, 6.45) is 0. The Morgan fingerprint density at radius 1 is 1.12 bits per heavy atom. The van der Waals surface area contributed by atoms with Crippen LogP contribution in [-0.4, -0.2) is 51.3 Å². The molecule has 1 unspecified atom stereocenters. The fraction of sp³-hybridized carbons (Fsp3) is 0.522. The van der Waals surface area contributed by atoms with Gasteiger partial charge in [0.2, 0.25) is 5.91 Å². The number of hydrogen-bond acceptors (Lipinski definition) is 9. The smallest absolute Gasteiger partial charge is 0.348 e. The lowest BCUT2D eigenvalue weighted by molar-refractivity contribution is -0.115. The van der Waals surface area contributed by atoms with Crippen molar-refractivity contribution in [2.45, 2.75) is 40.7 Å². The summed E-state index contributed by atoms with van der Waals surface area (Å²) in [5.74, 6) is -1.51. The zero-order valence-electron chi connectivity index (χ0n) is 19.9. The minimum absolute atomic E-state index is 0.0239. The van der Waals surface area contributed by atoms with Gasteiger partial charge < -0.3 is 24.8 Å². The van der Waals surface area contributed by atoms with Crippen molar-refractivity contribution in [1.29, 1.82) is 0 Å². The van der Waals surface area contributed by atoms with Crippen LogP contribution in [0.4, 0.5) is 5.00 Å². The zero-order valence-corrected chi connectivity index (χ0v) is 21.5. The number of ether oxygens (including phenoxy) is 3. The molecule has 0 saturated carbocycles. The maximum atomic E-state index is 12.8. The van der Waals surface area contributed by atoms with Gasteiger partial charge in [-0.15, -0.1) is 22.7 Å². The predicted octanol–water partition coefficient (Wildman–Crippen LogP) is 4.41. The summed E-state index contributed by atoms with van der Waals surface area (Å²) in [4.78, 5) is 39.2. The van der Waals surface area contributed by atoms with Gasteiger partial charge in [0.15, 0.2) is 0 Å². The quantitative estimate of drug-likeness (QED) is 0.351. The van der Waals surface area contributed by atoms with Crippen LogP contribution in [-0.2, 0) is 19.0 Å². The lowest BCUT2D eigenvalue weighted by Crippen LogP contribution is -2.37. The van der Waals surface area contributed by atoms with Crippen LogP contribution in [0.1, 0.15) is 64.2 Å². The van der Waals surface area contributed by atoms with Gasteiger partial charge in [-0.2, -0.15) is 0 Å². The highest BCUT2D eigenvalue weighted by Gasteiger charge is 2.29. The molecule has 1 amide bonds. The number of anilines is 1. The molecule has 0 aromatic carbocycles. The number of carbonyl (C=O) groups is 3. The molecule has 0 spiro atoms. The fourth-order valence-electron chi connectivity index (χ4n) is 3.18. The second-order valence-corrected chi connectivity index (χ2v) is 10.4. The average molecular weight is 497 g/mol. The van der Waals surface area contributed by atoms with E-state index in [-0.39, 0.29) is 59.2 Å². The van der Waals surface area contributed by atoms with E-state index in [2.05, 4.69) is 31.4 Å². The van der Waals surface area contributed by atoms with E-state index in [0.29, 0.717) is 5.56 Å². The molecule has 0 saturated heterocycles. The molecule has 2 aromatic heterocycles. The topological polar surface area (TPSA) is 103 Å². The van der Waals surface area contributed by atoms with Crippen LogP contribution in [0.5, 0.6) is 0 Å². The van der Waals surface area contributed by atoms with Crippen LogP contribution in [0, 0.1) is 12.3 Å². The highest BCUT2D eigenvalue weighted by molar-refractivity contribution is 7.18. The van der Waals surface area contributed by atoms with E-state index in [4.69, 9.17) is 14.2 Å². The molecule has 2 aromatic rings. The van der Waals surface area contributed by atoms with Crippen molar-refractivity contribution < 1.29 is 28.6 Å². The molecule has 0 fully saturated rings. The Balaban J connectivity index is 2.20. The summed E-state index contributed by atoms with van der Waals surface area (Å²) in [5.41, 5.74) is 0.467. The monoisotopic (exact) mass is 496 g/mol. The summed E-state index contributed by atoms with van der Waals surface area (Å²) in [7, 11) is 1.51. The molecule has 0 aliphatic heterocycles. The molecule has 33 heavy (non-hydrogen) atoms. The van der Waals surface area contributed by atoms with E-state index in [1.54, 1.807) is 25.2 Å². The van der Waals surface area contributed by atoms with Crippen LogP contribution in [0.15, 0.2) is 17.5 Å². The molecule has 2 heterocycles. The largest absolute Gasteiger partial charge is 0.462 e. The fourth-order valence-corrected chi connectivity index (χ4v) is 5.33. The Labute approximate surface area is 202 Å². The van der Waals surface area contributed by atoms with Crippen molar-refractivity contribution in [3.8, 4) is 0 Å². The third kappa shape index (κ3) is 7.36. The number of esters is 2. The number of methoxy groups -OCH3 is 1. The highest BCUT2D eigenvalue weighted by Crippen LogP contribution is 2.36. The lowest BCUT2D eigenvalue weighted by atomic mass is 9.86. The molecule has 0 aliphatic rings. The molecule has 2 N–H and O–H groups in total. The molecular weight excluding hydrogens is 464 g/mol. The molecule has 8 nitrogen and oxygen atoms in total. The van der Waals surface area contributed by atoms with Gasteiger partial charge in [0.05, 0.1) is 25.3 Å². The van der Waals surface area contributed by atoms with Crippen molar-refractivity contribution >= 4 is 45.5 Å². The summed E-state index contributed by atoms with van der Waals surface area (Å²) in [5, 5.41) is 8.36. The number of thiophene rings is 2. The number of rotatable bonds is 11. The van der Waals surface area contributed by atoms with E-state index >= 15 is 0 Å². The third-order valence-electron chi connectivity index (χ3n) is 4.75. The third-order valence-corrected chi connectivity index (χ3v) is 6.87. The molecule has 10 heteroatoms. The second kappa shape index (κ2) is 12.3. The predicted molar refractivity (Wildman–Crippen MR) is 130 cm³/mol. The number of amides is 1. The lowest BCUT2D eigenvalue weighted by Gasteiger charge is -2.30. The van der Waals surface area contributed by atoms with Crippen LogP contribution in [0.25, 0.3) is 0 Å². The maximum absolute atomic E-state index is 12.8. The Morgan fingerprint density at radius 2 is 1.85 bits per heavy atom. The van der Waals surface area contributed by atoms with Crippen molar-refractivity contribution in [3.05, 3.63) is 38.4 Å². The molecule has 0 bridgehead atoms. The van der Waals surface area contributed by atoms with Gasteiger partial charge in [0, 0.05) is 18.0 Å². The van der Waals surface area contributed by atoms with Gasteiger partial charge in [0.1, 0.15) is 16.5 Å². The minimum atomic E-state index is -0.600. The Hall–Kier alpha value is -2.27. The van der Waals surface area contributed by atoms with Gasteiger partial charge in [-0.3, -0.25) is 4.79 Å². The maximum Gasteiger partial charge on any atom is 0.348 e. The number of nitrogens with one attached hydrogen (secondary N) is 2. The number of hydrogen-bond donors (Lipinski definition) is 2. The first-order valence-corrected chi connectivity index (χ1v) is 12.3. The van der Waals surface area contributed by atoms with E-state index in [0.717, 1.165) is 16.2 Å². The van der Waals surface area contributed by atoms with Crippen molar-refractivity contribution in [2.75, 3.05) is 38.8 Å². The summed E-state index contributed by atoms with van der Waals surface area (Å²) in [6, 6.07) is 3.99. The van der Waals surface area contributed by atoms with Crippen molar-refractivity contribution in [2.24, 2.45) is 5.41 Å². The summed E-state index contributed by atoms with van der Waals surface area (Å²) < 4.78 is 15.2. The SMILES string of the molecule is CCOC(=O)c1c(NC(=O)CNC(c2cccs2)C(C)(C)C)sc(C(=O)OCCOC)c1C. The molecule has 1 atom stereocenters. The highest BCUT2D eigenvalue weighted by atomic mass is 32.1. The summed E-state index contributed by atoms with van der Waals surface area (Å²) >= 11 is 2.63. The van der Waals surface area contributed by atoms with Gasteiger partial charge >= 0.3 is 11.9 Å². The Bertz CT molecular complexity index is 947. The van der Waals surface area contributed by atoms with Crippen molar-refractivity contribution in [3.63, 3.8) is 0 Å². The molecule has 0 aliphatic carbocycles. The number of carbonyl (C=O) groups excluding carboxylic acids is 3. The Morgan fingerprint density at radius 3 is 2.42 bits per heavy atom. The first-order chi connectivity index (χ1) is 15.6. The first kappa shape index (κ1) is 27.0. The van der Waals surface area contributed by atoms with Crippen LogP contribution < -0.4 is 10.6 Å². The van der Waals surface area contributed by atoms with Gasteiger partial charge in [-0.25, -0.2) is 9.59 Å². The van der Waals surface area contributed by atoms with E-state index in [9.17, 15) is 14.4 Å². The van der Waals surface area contributed by atoms with Gasteiger partial charge in [-0.1, -0.05) is 26.8 Å². The summed E-state index contributed by atoms with van der Waals surface area (Å²) in [6.45, 7) is 10.2. The van der Waals surface area contributed by atoms with Gasteiger partial charge in [-0.05, 0) is 36.3 Å². The van der Waals surface area contributed by atoms with Crippen LogP contribution in [0.2, 0.25) is 0 Å². The molecule has 2 rings (SSSR count). The Kier molecular flexibility index (Phi) is 10.0. The molecular formula is C23H32N2O6S2. The van der Waals surface area contributed by atoms with Crippen molar-refractivity contribution in [1.82, 2.24) is 5.32 Å². The minimum Gasteiger partial charge on any atom is -0.462 e.